The summed E-state index contributed by atoms with van der Waals surface area (Å²) in [6.07, 6.45) is 3.76. The third kappa shape index (κ3) is 3.94. The molecule has 0 saturated carbocycles. The maximum absolute atomic E-state index is 12.3. The number of amides is 1. The van der Waals surface area contributed by atoms with Crippen molar-refractivity contribution in [3.63, 3.8) is 0 Å². The van der Waals surface area contributed by atoms with E-state index in [1.807, 2.05) is 0 Å². The van der Waals surface area contributed by atoms with Gasteiger partial charge in [-0.3, -0.25) is 9.69 Å². The molecule has 1 amide bonds. The zero-order valence-electron chi connectivity index (χ0n) is 13.8. The number of nitrogens with one attached hydrogen (secondary N) is 2. The van der Waals surface area contributed by atoms with E-state index in [0.717, 1.165) is 32.6 Å². The Morgan fingerprint density at radius 1 is 1.38 bits per heavy atom. The summed E-state index contributed by atoms with van der Waals surface area (Å²) in [5, 5.41) is 3.25. The Morgan fingerprint density at radius 3 is 2.79 bits per heavy atom. The van der Waals surface area contributed by atoms with Crippen LogP contribution in [0.5, 0.6) is 0 Å². The van der Waals surface area contributed by atoms with Crippen LogP contribution in [0.25, 0.3) is 0 Å². The van der Waals surface area contributed by atoms with E-state index in [-0.39, 0.29) is 17.5 Å². The molecule has 2 fully saturated rings. The second-order valence-corrected chi connectivity index (χ2v) is 7.98. The maximum atomic E-state index is 12.3. The minimum absolute atomic E-state index is 0.0714. The van der Waals surface area contributed by atoms with E-state index in [9.17, 15) is 13.2 Å². The predicted molar refractivity (Wildman–Crippen MR) is 87.8 cm³/mol. The molecule has 2 aliphatic heterocycles. The van der Waals surface area contributed by atoms with Crippen LogP contribution in [0.2, 0.25) is 0 Å². The molecule has 0 aliphatic carbocycles. The second-order valence-electron chi connectivity index (χ2n) is 6.27. The van der Waals surface area contributed by atoms with Crippen LogP contribution < -0.4 is 10.0 Å². The fourth-order valence-electron chi connectivity index (χ4n) is 3.18. The number of carbonyl (C=O) groups is 1. The molecule has 2 N–H and O–H groups in total. The molecule has 1 unspecified atom stereocenters. The Labute approximate surface area is 142 Å². The van der Waals surface area contributed by atoms with Gasteiger partial charge in [0.15, 0.2) is 5.03 Å². The fourth-order valence-corrected chi connectivity index (χ4v) is 4.14. The number of nitrogens with zero attached hydrogens (tertiary/aromatic N) is 4. The third-order valence-corrected chi connectivity index (χ3v) is 5.84. The molecule has 3 heterocycles. The van der Waals surface area contributed by atoms with Crippen LogP contribution in [0.15, 0.2) is 17.6 Å². The Kier molecular flexibility index (Phi) is 5.18. The average molecular weight is 356 g/mol. The third-order valence-electron chi connectivity index (χ3n) is 4.55. The molecular formula is C14H24N6O3S. The van der Waals surface area contributed by atoms with Crippen LogP contribution in [0.3, 0.4) is 0 Å². The molecule has 9 nitrogen and oxygen atoms in total. The van der Waals surface area contributed by atoms with Crippen LogP contribution >= 0.6 is 0 Å². The van der Waals surface area contributed by atoms with Crippen molar-refractivity contribution in [1.29, 1.82) is 0 Å². The van der Waals surface area contributed by atoms with Crippen LogP contribution in [-0.4, -0.2) is 85.5 Å². The maximum Gasteiger partial charge on any atom is 0.260 e. The lowest BCUT2D eigenvalue weighted by molar-refractivity contribution is -0.129. The van der Waals surface area contributed by atoms with Gasteiger partial charge in [0.05, 0.1) is 12.9 Å². The van der Waals surface area contributed by atoms with E-state index in [0.29, 0.717) is 19.1 Å². The zero-order chi connectivity index (χ0) is 17.2. The van der Waals surface area contributed by atoms with Gasteiger partial charge in [-0.1, -0.05) is 0 Å². The molecule has 2 saturated heterocycles. The van der Waals surface area contributed by atoms with Crippen molar-refractivity contribution < 1.29 is 13.2 Å². The number of aromatic nitrogens is 2. The summed E-state index contributed by atoms with van der Waals surface area (Å²) in [4.78, 5) is 20.3. The van der Waals surface area contributed by atoms with Gasteiger partial charge in [-0.15, -0.1) is 0 Å². The number of imidazole rings is 1. The summed E-state index contributed by atoms with van der Waals surface area (Å²) in [6, 6.07) is 0.378. The van der Waals surface area contributed by atoms with Gasteiger partial charge in [0, 0.05) is 58.6 Å². The monoisotopic (exact) mass is 356 g/mol. The number of piperazine rings is 1. The molecule has 134 valence electrons. The Balaban J connectivity index is 1.50. The Hall–Kier alpha value is -1.49. The minimum atomic E-state index is -3.75. The molecule has 1 atom stereocenters. The van der Waals surface area contributed by atoms with Crippen LogP contribution in [-0.2, 0) is 21.9 Å². The van der Waals surface area contributed by atoms with Crippen molar-refractivity contribution in [2.24, 2.45) is 7.05 Å². The van der Waals surface area contributed by atoms with Crippen molar-refractivity contribution in [2.75, 3.05) is 45.8 Å². The zero-order valence-corrected chi connectivity index (χ0v) is 14.6. The predicted octanol–water partition coefficient (Wildman–Crippen LogP) is -1.80. The Morgan fingerprint density at radius 2 is 2.12 bits per heavy atom. The van der Waals surface area contributed by atoms with E-state index in [1.54, 1.807) is 16.5 Å². The number of hydrogen-bond donors (Lipinski definition) is 2. The number of rotatable bonds is 5. The number of likely N-dealkylation sites (tertiary alicyclic amines) is 1. The molecule has 24 heavy (non-hydrogen) atoms. The lowest BCUT2D eigenvalue weighted by Gasteiger charge is -2.32. The molecule has 0 radical (unpaired) electrons. The first-order valence-corrected chi connectivity index (χ1v) is 9.64. The van der Waals surface area contributed by atoms with Gasteiger partial charge in [-0.25, -0.2) is 18.1 Å². The quantitative estimate of drug-likeness (QED) is 0.646. The van der Waals surface area contributed by atoms with Crippen LogP contribution in [0.1, 0.15) is 6.42 Å². The van der Waals surface area contributed by atoms with Crippen molar-refractivity contribution in [3.8, 4) is 0 Å². The van der Waals surface area contributed by atoms with Gasteiger partial charge < -0.3 is 14.8 Å². The van der Waals surface area contributed by atoms with Crippen molar-refractivity contribution >= 4 is 15.9 Å². The van der Waals surface area contributed by atoms with Gasteiger partial charge in [0.2, 0.25) is 5.91 Å². The van der Waals surface area contributed by atoms with Crippen LogP contribution in [0.4, 0.5) is 0 Å². The van der Waals surface area contributed by atoms with Gasteiger partial charge in [0.25, 0.3) is 10.0 Å². The molecule has 3 rings (SSSR count). The summed E-state index contributed by atoms with van der Waals surface area (Å²) in [5.74, 6) is -0.188. The first-order chi connectivity index (χ1) is 11.5. The largest absolute Gasteiger partial charge is 0.340 e. The lowest BCUT2D eigenvalue weighted by Crippen LogP contribution is -2.49. The van der Waals surface area contributed by atoms with E-state index in [1.165, 1.54) is 12.5 Å². The number of aryl methyl sites for hydroxylation is 1. The normalized spacial score (nSPS) is 22.9. The van der Waals surface area contributed by atoms with Gasteiger partial charge in [-0.2, -0.15) is 0 Å². The smallest absolute Gasteiger partial charge is 0.260 e. The van der Waals surface area contributed by atoms with Gasteiger partial charge in [0.1, 0.15) is 0 Å². The summed E-state index contributed by atoms with van der Waals surface area (Å²) < 4.78 is 28.1. The highest BCUT2D eigenvalue weighted by Gasteiger charge is 2.31. The molecule has 1 aromatic rings. The van der Waals surface area contributed by atoms with Gasteiger partial charge >= 0.3 is 0 Å². The lowest BCUT2D eigenvalue weighted by atomic mass is 10.2. The molecule has 2 aliphatic rings. The highest BCUT2D eigenvalue weighted by molar-refractivity contribution is 7.89. The molecule has 10 heteroatoms. The molecule has 1 aromatic heterocycles. The summed E-state index contributed by atoms with van der Waals surface area (Å²) in [7, 11) is -2.05. The van der Waals surface area contributed by atoms with E-state index < -0.39 is 10.0 Å². The molecule has 0 aromatic carbocycles. The van der Waals surface area contributed by atoms with Crippen molar-refractivity contribution in [1.82, 2.24) is 29.4 Å². The van der Waals surface area contributed by atoms with Crippen molar-refractivity contribution in [2.45, 2.75) is 17.5 Å². The van der Waals surface area contributed by atoms with Crippen LogP contribution in [0, 0.1) is 0 Å². The first-order valence-electron chi connectivity index (χ1n) is 8.16. The van der Waals surface area contributed by atoms with E-state index >= 15 is 0 Å². The SMILES string of the molecule is Cn1cnc(S(=O)(=O)NCC(=O)N2CCC(N3CCNCC3)C2)c1. The highest BCUT2D eigenvalue weighted by atomic mass is 32.2. The summed E-state index contributed by atoms with van der Waals surface area (Å²) in [5.41, 5.74) is 0. The first kappa shape index (κ1) is 17.3. The van der Waals surface area contributed by atoms with Gasteiger partial charge in [-0.05, 0) is 6.42 Å². The van der Waals surface area contributed by atoms with E-state index in [4.69, 9.17) is 0 Å². The molecule has 0 spiro atoms. The van der Waals surface area contributed by atoms with Crippen molar-refractivity contribution in [3.05, 3.63) is 12.5 Å². The number of sulfonamides is 1. The average Bonchev–Trinajstić information content (AvgIpc) is 3.23. The number of hydrogen-bond acceptors (Lipinski definition) is 6. The summed E-state index contributed by atoms with van der Waals surface area (Å²) >= 11 is 0. The fraction of sp³-hybridized carbons (Fsp3) is 0.714. The second kappa shape index (κ2) is 7.18. The highest BCUT2D eigenvalue weighted by Crippen LogP contribution is 2.16. The standard InChI is InChI=1S/C14H24N6O3S/c1-18-10-13(16-11-18)24(22,23)17-8-14(21)20-5-2-12(9-20)19-6-3-15-4-7-19/h10-12,15,17H,2-9H2,1H3. The minimum Gasteiger partial charge on any atom is -0.340 e. The number of carbonyl (C=O) groups excluding carboxylic acids is 1. The molecule has 0 bridgehead atoms. The van der Waals surface area contributed by atoms with E-state index in [2.05, 4.69) is 19.9 Å². The Bertz CT molecular complexity index is 682. The molecular weight excluding hydrogens is 332 g/mol. The topological polar surface area (TPSA) is 99.6 Å². The summed E-state index contributed by atoms with van der Waals surface area (Å²) in [6.45, 7) is 5.08.